The van der Waals surface area contributed by atoms with Crippen LogP contribution in [0.2, 0.25) is 0 Å². The van der Waals surface area contributed by atoms with Gasteiger partial charge < -0.3 is 0 Å². The summed E-state index contributed by atoms with van der Waals surface area (Å²) in [5.74, 6) is 0. The Morgan fingerprint density at radius 3 is 2.00 bits per heavy atom. The third-order valence-electron chi connectivity index (χ3n) is 1.92. The van der Waals surface area contributed by atoms with Crippen molar-refractivity contribution in [3.63, 3.8) is 0 Å². The van der Waals surface area contributed by atoms with Crippen LogP contribution in [0.5, 0.6) is 0 Å². The Bertz CT molecular complexity index is 447. The van der Waals surface area contributed by atoms with Crippen molar-refractivity contribution in [3.05, 3.63) is 53.5 Å². The average Bonchev–Trinajstić information content (AvgIpc) is 2.40. The highest BCUT2D eigenvalue weighted by Gasteiger charge is 2.29. The molecule has 0 aliphatic heterocycles. The lowest BCUT2D eigenvalue weighted by atomic mass is 10.1. The van der Waals surface area contributed by atoms with Crippen LogP contribution in [0.25, 0.3) is 4.91 Å². The van der Waals surface area contributed by atoms with Crippen LogP contribution < -0.4 is 0 Å². The van der Waals surface area contributed by atoms with Crippen molar-refractivity contribution >= 4 is 23.0 Å². The third kappa shape index (κ3) is 5.79. The summed E-state index contributed by atoms with van der Waals surface area (Å²) in [6, 6.07) is 4.59. The number of carbonyl (C=O) groups is 1. The summed E-state index contributed by atoms with van der Waals surface area (Å²) in [5, 5.41) is 0. The molecular formula is C14H15F3OS. The molecule has 1 rings (SSSR count). The zero-order valence-electron chi connectivity index (χ0n) is 10.8. The smallest absolute Gasteiger partial charge is 0.297 e. The van der Waals surface area contributed by atoms with Crippen molar-refractivity contribution < 1.29 is 18.0 Å². The molecule has 1 nitrogen and oxygen atoms in total. The predicted molar refractivity (Wildman–Crippen MR) is 74.6 cm³/mol. The van der Waals surface area contributed by atoms with Crippen molar-refractivity contribution in [2.45, 2.75) is 20.0 Å². The molecule has 0 bridgehead atoms. The standard InChI is InChI=1S/C12H9F3OS.C2H6/c1-8(7-16)17-9(2)10-3-5-11(6-4-10)12(13,14)15;1-2/h3-7H,1-2H2;1-2H3. The fourth-order valence-electron chi connectivity index (χ4n) is 1.09. The van der Waals surface area contributed by atoms with E-state index >= 15 is 0 Å². The quantitative estimate of drug-likeness (QED) is 0.563. The molecular weight excluding hydrogens is 273 g/mol. The Kier molecular flexibility index (Phi) is 7.22. The van der Waals surface area contributed by atoms with Gasteiger partial charge >= 0.3 is 6.18 Å². The van der Waals surface area contributed by atoms with Gasteiger partial charge in [0.2, 0.25) is 0 Å². The largest absolute Gasteiger partial charge is 0.416 e. The predicted octanol–water partition coefficient (Wildman–Crippen LogP) is 5.15. The van der Waals surface area contributed by atoms with E-state index in [1.807, 2.05) is 13.8 Å². The molecule has 0 unspecified atom stereocenters. The first-order chi connectivity index (χ1) is 8.84. The summed E-state index contributed by atoms with van der Waals surface area (Å²) >= 11 is 1.03. The molecule has 0 radical (unpaired) electrons. The van der Waals surface area contributed by atoms with Crippen molar-refractivity contribution in [2.75, 3.05) is 0 Å². The molecule has 0 heterocycles. The van der Waals surface area contributed by atoms with Gasteiger partial charge in [0, 0.05) is 9.81 Å². The van der Waals surface area contributed by atoms with E-state index in [1.54, 1.807) is 0 Å². The van der Waals surface area contributed by atoms with E-state index < -0.39 is 11.7 Å². The number of benzene rings is 1. The maximum absolute atomic E-state index is 12.3. The number of allylic oxidation sites excluding steroid dienone is 1. The van der Waals surface area contributed by atoms with Gasteiger partial charge in [0.15, 0.2) is 6.29 Å². The molecule has 0 spiro atoms. The lowest BCUT2D eigenvalue weighted by Crippen LogP contribution is -2.04. The first-order valence-corrected chi connectivity index (χ1v) is 6.34. The molecule has 0 aliphatic carbocycles. The molecule has 19 heavy (non-hydrogen) atoms. The maximum atomic E-state index is 12.3. The number of thioether (sulfide) groups is 1. The lowest BCUT2D eigenvalue weighted by Gasteiger charge is -2.08. The lowest BCUT2D eigenvalue weighted by molar-refractivity contribution is -0.137. The molecule has 0 aromatic heterocycles. The average molecular weight is 288 g/mol. The highest BCUT2D eigenvalue weighted by atomic mass is 32.2. The van der Waals surface area contributed by atoms with Gasteiger partial charge in [-0.25, -0.2) is 0 Å². The van der Waals surface area contributed by atoms with E-state index in [2.05, 4.69) is 13.2 Å². The van der Waals surface area contributed by atoms with Crippen LogP contribution in [0.4, 0.5) is 13.2 Å². The first kappa shape index (κ1) is 17.5. The second-order valence-electron chi connectivity index (χ2n) is 3.18. The number of carbonyl (C=O) groups excluding carboxylic acids is 1. The van der Waals surface area contributed by atoms with Crippen molar-refractivity contribution in [3.8, 4) is 0 Å². The van der Waals surface area contributed by atoms with Gasteiger partial charge in [-0.3, -0.25) is 4.79 Å². The van der Waals surface area contributed by atoms with Crippen molar-refractivity contribution in [1.82, 2.24) is 0 Å². The van der Waals surface area contributed by atoms with Crippen molar-refractivity contribution in [2.24, 2.45) is 0 Å². The molecule has 5 heteroatoms. The fourth-order valence-corrected chi connectivity index (χ4v) is 1.70. The van der Waals surface area contributed by atoms with Crippen LogP contribution in [-0.4, -0.2) is 6.29 Å². The molecule has 0 fully saturated rings. The molecule has 0 atom stereocenters. The molecule has 0 N–H and O–H groups in total. The zero-order chi connectivity index (χ0) is 15.1. The minimum atomic E-state index is -4.35. The zero-order valence-corrected chi connectivity index (χ0v) is 11.6. The normalized spacial score (nSPS) is 10.2. The van der Waals surface area contributed by atoms with E-state index in [1.165, 1.54) is 12.1 Å². The molecule has 104 valence electrons. The second kappa shape index (κ2) is 7.84. The molecule has 0 amide bonds. The third-order valence-corrected chi connectivity index (χ3v) is 2.76. The van der Waals surface area contributed by atoms with E-state index in [0.717, 1.165) is 23.9 Å². The Labute approximate surface area is 115 Å². The van der Waals surface area contributed by atoms with Crippen molar-refractivity contribution in [1.29, 1.82) is 0 Å². The van der Waals surface area contributed by atoms with E-state index in [9.17, 15) is 18.0 Å². The van der Waals surface area contributed by atoms with Crippen LogP contribution in [0.1, 0.15) is 25.0 Å². The fraction of sp³-hybridized carbons (Fsp3) is 0.214. The number of halogens is 3. The van der Waals surface area contributed by atoms with Crippen LogP contribution in [0.15, 0.2) is 42.3 Å². The van der Waals surface area contributed by atoms with Gasteiger partial charge in [-0.05, 0) is 17.7 Å². The number of hydrogen-bond donors (Lipinski definition) is 0. The van der Waals surface area contributed by atoms with Crippen LogP contribution in [-0.2, 0) is 11.0 Å². The summed E-state index contributed by atoms with van der Waals surface area (Å²) < 4.78 is 36.9. The number of aldehydes is 1. The first-order valence-electron chi connectivity index (χ1n) is 5.53. The minimum Gasteiger partial charge on any atom is -0.297 e. The summed E-state index contributed by atoms with van der Waals surface area (Å²) in [7, 11) is 0. The number of rotatable bonds is 4. The van der Waals surface area contributed by atoms with Gasteiger partial charge in [0.25, 0.3) is 0 Å². The summed E-state index contributed by atoms with van der Waals surface area (Å²) in [5.41, 5.74) is -0.181. The molecule has 1 aromatic carbocycles. The topological polar surface area (TPSA) is 17.1 Å². The summed E-state index contributed by atoms with van der Waals surface area (Å²) in [4.78, 5) is 11.1. The Morgan fingerprint density at radius 2 is 1.63 bits per heavy atom. The van der Waals surface area contributed by atoms with E-state index in [-0.39, 0.29) is 4.91 Å². The van der Waals surface area contributed by atoms with Gasteiger partial charge in [0.1, 0.15) is 0 Å². The Hall–Kier alpha value is -1.49. The van der Waals surface area contributed by atoms with Gasteiger partial charge in [0.05, 0.1) is 5.56 Å². The SMILES string of the molecule is C=C(C=O)SC(=C)c1ccc(C(F)(F)F)cc1.CC. The number of alkyl halides is 3. The monoisotopic (exact) mass is 288 g/mol. The Balaban J connectivity index is 0.00000154. The maximum Gasteiger partial charge on any atom is 0.416 e. The Morgan fingerprint density at radius 1 is 1.16 bits per heavy atom. The van der Waals surface area contributed by atoms with Gasteiger partial charge in [-0.2, -0.15) is 13.2 Å². The summed E-state index contributed by atoms with van der Waals surface area (Å²) in [6.07, 6.45) is -3.78. The van der Waals surface area contributed by atoms with Gasteiger partial charge in [-0.1, -0.05) is 50.9 Å². The minimum absolute atomic E-state index is 0.259. The highest BCUT2D eigenvalue weighted by Crippen LogP contribution is 2.33. The number of hydrogen-bond acceptors (Lipinski definition) is 2. The van der Waals surface area contributed by atoms with Crippen LogP contribution >= 0.6 is 11.8 Å². The highest BCUT2D eigenvalue weighted by molar-refractivity contribution is 8.12. The van der Waals surface area contributed by atoms with E-state index in [0.29, 0.717) is 16.8 Å². The van der Waals surface area contributed by atoms with Crippen LogP contribution in [0.3, 0.4) is 0 Å². The van der Waals surface area contributed by atoms with E-state index in [4.69, 9.17) is 0 Å². The van der Waals surface area contributed by atoms with Crippen LogP contribution in [0, 0.1) is 0 Å². The molecule has 0 saturated carbocycles. The van der Waals surface area contributed by atoms with Gasteiger partial charge in [-0.15, -0.1) is 0 Å². The molecule has 1 aromatic rings. The molecule has 0 saturated heterocycles. The summed E-state index contributed by atoms with van der Waals surface area (Å²) in [6.45, 7) is 11.1. The molecule has 0 aliphatic rings. The second-order valence-corrected chi connectivity index (χ2v) is 4.41.